The van der Waals surface area contributed by atoms with E-state index < -0.39 is 11.9 Å². The van der Waals surface area contributed by atoms with Gasteiger partial charge in [0, 0.05) is 16.1 Å². The lowest BCUT2D eigenvalue weighted by Crippen LogP contribution is -2.05. The molecule has 0 fully saturated rings. The van der Waals surface area contributed by atoms with Gasteiger partial charge in [-0.2, -0.15) is 0 Å². The third kappa shape index (κ3) is 3.58. The zero-order valence-electron chi connectivity index (χ0n) is 15.5. The fourth-order valence-corrected chi connectivity index (χ4v) is 4.20. The first kappa shape index (κ1) is 19.5. The van der Waals surface area contributed by atoms with Crippen LogP contribution in [-0.4, -0.2) is 32.1 Å². The minimum atomic E-state index is -1.24. The average Bonchev–Trinajstić information content (AvgIpc) is 3.05. The SMILES string of the molecule is Cc1sc2ncnc(Nc3cc(C(=O)O)cc(C(=O)O)c3)c2c1-c1ccc(F)cc1. The van der Waals surface area contributed by atoms with Crippen LogP contribution < -0.4 is 5.32 Å². The summed E-state index contributed by atoms with van der Waals surface area (Å²) < 4.78 is 13.4. The van der Waals surface area contributed by atoms with Crippen molar-refractivity contribution in [2.75, 3.05) is 5.32 Å². The number of thiophene rings is 1. The summed E-state index contributed by atoms with van der Waals surface area (Å²) in [5, 5.41) is 22.3. The molecule has 0 saturated heterocycles. The van der Waals surface area contributed by atoms with Crippen molar-refractivity contribution in [2.24, 2.45) is 0 Å². The van der Waals surface area contributed by atoms with Crippen LogP contribution >= 0.6 is 11.3 Å². The van der Waals surface area contributed by atoms with E-state index in [2.05, 4.69) is 15.3 Å². The summed E-state index contributed by atoms with van der Waals surface area (Å²) in [5.74, 6) is -2.44. The minimum Gasteiger partial charge on any atom is -0.478 e. The van der Waals surface area contributed by atoms with E-state index in [0.29, 0.717) is 16.0 Å². The first-order chi connectivity index (χ1) is 14.3. The second-order valence-electron chi connectivity index (χ2n) is 6.48. The average molecular weight is 423 g/mol. The summed E-state index contributed by atoms with van der Waals surface area (Å²) in [6.07, 6.45) is 1.37. The number of aromatic nitrogens is 2. The van der Waals surface area contributed by atoms with Gasteiger partial charge in [-0.3, -0.25) is 0 Å². The Balaban J connectivity index is 1.87. The molecule has 0 radical (unpaired) electrons. The predicted molar refractivity (Wildman–Crippen MR) is 111 cm³/mol. The first-order valence-corrected chi connectivity index (χ1v) is 9.54. The predicted octanol–water partition coefficient (Wildman–Crippen LogP) is 4.95. The number of nitrogens with zero attached hydrogens (tertiary/aromatic N) is 2. The fraction of sp³-hybridized carbons (Fsp3) is 0.0476. The smallest absolute Gasteiger partial charge is 0.335 e. The largest absolute Gasteiger partial charge is 0.478 e. The third-order valence-corrected chi connectivity index (χ3v) is 5.50. The number of rotatable bonds is 5. The number of fused-ring (bicyclic) bond motifs is 1. The molecule has 150 valence electrons. The molecule has 0 saturated carbocycles. The number of nitrogens with one attached hydrogen (secondary N) is 1. The summed E-state index contributed by atoms with van der Waals surface area (Å²) in [4.78, 5) is 33.0. The van der Waals surface area contributed by atoms with E-state index in [0.717, 1.165) is 22.1 Å². The molecular formula is C21H14FN3O4S. The van der Waals surface area contributed by atoms with Crippen molar-refractivity contribution in [2.45, 2.75) is 6.92 Å². The second-order valence-corrected chi connectivity index (χ2v) is 7.68. The number of halogens is 1. The molecule has 0 spiro atoms. The Morgan fingerprint density at radius 2 is 1.63 bits per heavy atom. The summed E-state index contributed by atoms with van der Waals surface area (Å²) in [5.41, 5.74) is 1.54. The topological polar surface area (TPSA) is 112 Å². The number of aryl methyl sites for hydroxylation is 1. The maximum Gasteiger partial charge on any atom is 0.335 e. The Morgan fingerprint density at radius 3 is 2.23 bits per heavy atom. The Bertz CT molecular complexity index is 1270. The van der Waals surface area contributed by atoms with Gasteiger partial charge in [0.1, 0.15) is 22.8 Å². The Kier molecular flexibility index (Phi) is 4.88. The quantitative estimate of drug-likeness (QED) is 0.416. The van der Waals surface area contributed by atoms with E-state index in [4.69, 9.17) is 0 Å². The first-order valence-electron chi connectivity index (χ1n) is 8.72. The van der Waals surface area contributed by atoms with Crippen LogP contribution in [-0.2, 0) is 0 Å². The van der Waals surface area contributed by atoms with Crippen molar-refractivity contribution in [1.82, 2.24) is 9.97 Å². The van der Waals surface area contributed by atoms with E-state index in [1.807, 2.05) is 6.92 Å². The van der Waals surface area contributed by atoms with Gasteiger partial charge in [-0.05, 0) is 42.8 Å². The Labute approximate surface area is 173 Å². The highest BCUT2D eigenvalue weighted by atomic mass is 32.1. The van der Waals surface area contributed by atoms with Crippen LogP contribution in [0.1, 0.15) is 25.6 Å². The maximum absolute atomic E-state index is 13.4. The van der Waals surface area contributed by atoms with Crippen LogP contribution in [0.4, 0.5) is 15.9 Å². The Morgan fingerprint density at radius 1 is 1.00 bits per heavy atom. The monoisotopic (exact) mass is 423 g/mol. The van der Waals surface area contributed by atoms with Crippen molar-refractivity contribution < 1.29 is 24.2 Å². The molecule has 30 heavy (non-hydrogen) atoms. The molecule has 0 amide bonds. The number of aromatic carboxylic acids is 2. The number of carboxylic acids is 2. The molecule has 0 aliphatic heterocycles. The second kappa shape index (κ2) is 7.53. The molecule has 4 rings (SSSR count). The lowest BCUT2D eigenvalue weighted by atomic mass is 10.0. The van der Waals surface area contributed by atoms with Crippen LogP contribution in [0.2, 0.25) is 0 Å². The molecule has 9 heteroatoms. The molecule has 0 aliphatic carbocycles. The highest BCUT2D eigenvalue weighted by Crippen LogP contribution is 2.41. The van der Waals surface area contributed by atoms with Crippen LogP contribution in [0, 0.1) is 12.7 Å². The van der Waals surface area contributed by atoms with Crippen molar-refractivity contribution in [3.8, 4) is 11.1 Å². The van der Waals surface area contributed by atoms with Crippen LogP contribution in [0.3, 0.4) is 0 Å². The van der Waals surface area contributed by atoms with Gasteiger partial charge < -0.3 is 15.5 Å². The van der Waals surface area contributed by atoms with Crippen LogP contribution in [0.15, 0.2) is 48.8 Å². The molecule has 0 unspecified atom stereocenters. The van der Waals surface area contributed by atoms with Gasteiger partial charge in [0.05, 0.1) is 16.5 Å². The summed E-state index contributed by atoms with van der Waals surface area (Å²) in [7, 11) is 0. The summed E-state index contributed by atoms with van der Waals surface area (Å²) in [6.45, 7) is 1.92. The van der Waals surface area contributed by atoms with Gasteiger partial charge in [0.25, 0.3) is 0 Å². The highest BCUT2D eigenvalue weighted by Gasteiger charge is 2.18. The Hall–Kier alpha value is -3.85. The molecule has 0 aliphatic rings. The molecule has 2 heterocycles. The van der Waals surface area contributed by atoms with Gasteiger partial charge in [-0.15, -0.1) is 11.3 Å². The number of carbonyl (C=O) groups is 2. The lowest BCUT2D eigenvalue weighted by Gasteiger charge is -2.11. The lowest BCUT2D eigenvalue weighted by molar-refractivity contribution is 0.0696. The van der Waals surface area contributed by atoms with Crippen LogP contribution in [0.5, 0.6) is 0 Å². The molecule has 2 aromatic heterocycles. The number of hydrogen-bond acceptors (Lipinski definition) is 6. The van der Waals surface area contributed by atoms with E-state index >= 15 is 0 Å². The molecule has 0 bridgehead atoms. The number of anilines is 2. The molecule has 4 aromatic rings. The van der Waals surface area contributed by atoms with Crippen molar-refractivity contribution in [3.63, 3.8) is 0 Å². The third-order valence-electron chi connectivity index (χ3n) is 4.49. The standard InChI is InChI=1S/C21H14FN3O4S/c1-10-16(11-2-4-14(22)5-3-11)17-18(23-9-24-19(17)30-10)25-15-7-12(20(26)27)6-13(8-15)21(28)29/h2-9H,1H3,(H,26,27)(H,28,29)(H,23,24,25). The van der Waals surface area contributed by atoms with E-state index in [1.165, 1.54) is 41.9 Å². The molecular weight excluding hydrogens is 409 g/mol. The summed E-state index contributed by atoms with van der Waals surface area (Å²) >= 11 is 1.45. The number of hydrogen-bond donors (Lipinski definition) is 3. The van der Waals surface area contributed by atoms with E-state index in [9.17, 15) is 24.2 Å². The van der Waals surface area contributed by atoms with Crippen molar-refractivity contribution >= 4 is 45.0 Å². The number of carboxylic acid groups (broad SMARTS) is 2. The normalized spacial score (nSPS) is 10.9. The van der Waals surface area contributed by atoms with Gasteiger partial charge in [0.15, 0.2) is 0 Å². The fourth-order valence-electron chi connectivity index (χ4n) is 3.19. The zero-order valence-corrected chi connectivity index (χ0v) is 16.3. The molecule has 7 nitrogen and oxygen atoms in total. The number of benzene rings is 2. The molecule has 3 N–H and O–H groups in total. The van der Waals surface area contributed by atoms with Crippen molar-refractivity contribution in [3.05, 3.63) is 70.6 Å². The summed E-state index contributed by atoms with van der Waals surface area (Å²) in [6, 6.07) is 9.81. The van der Waals surface area contributed by atoms with Gasteiger partial charge >= 0.3 is 11.9 Å². The van der Waals surface area contributed by atoms with E-state index in [1.54, 1.807) is 12.1 Å². The van der Waals surface area contributed by atoms with Gasteiger partial charge in [-0.1, -0.05) is 12.1 Å². The zero-order chi connectivity index (χ0) is 21.4. The molecule has 2 aromatic carbocycles. The molecule has 0 atom stereocenters. The van der Waals surface area contributed by atoms with E-state index in [-0.39, 0.29) is 22.6 Å². The van der Waals surface area contributed by atoms with Gasteiger partial charge in [0.2, 0.25) is 0 Å². The highest BCUT2D eigenvalue weighted by molar-refractivity contribution is 7.19. The van der Waals surface area contributed by atoms with Crippen molar-refractivity contribution in [1.29, 1.82) is 0 Å². The minimum absolute atomic E-state index is 0.164. The maximum atomic E-state index is 13.4. The van der Waals surface area contributed by atoms with Crippen LogP contribution in [0.25, 0.3) is 21.3 Å². The van der Waals surface area contributed by atoms with Gasteiger partial charge in [-0.25, -0.2) is 23.9 Å².